The highest BCUT2D eigenvalue weighted by Crippen LogP contribution is 2.18. The third-order valence-corrected chi connectivity index (χ3v) is 3.81. The second-order valence-corrected chi connectivity index (χ2v) is 5.75. The number of hydrogen-bond acceptors (Lipinski definition) is 1. The van der Waals surface area contributed by atoms with E-state index in [-0.39, 0.29) is 0 Å². The molecule has 0 aliphatic carbocycles. The Balaban J connectivity index is 2.07. The van der Waals surface area contributed by atoms with E-state index < -0.39 is 5.60 Å². The lowest BCUT2D eigenvalue weighted by Crippen LogP contribution is -2.22. The molecular formula is C17H28O. The third-order valence-electron chi connectivity index (χ3n) is 3.81. The van der Waals surface area contributed by atoms with Crippen molar-refractivity contribution in [2.45, 2.75) is 71.3 Å². The highest BCUT2D eigenvalue weighted by Gasteiger charge is 2.15. The molecule has 1 atom stereocenters. The highest BCUT2D eigenvalue weighted by atomic mass is 16.3. The molecule has 1 rings (SSSR count). The van der Waals surface area contributed by atoms with Crippen molar-refractivity contribution >= 4 is 0 Å². The summed E-state index contributed by atoms with van der Waals surface area (Å²) < 4.78 is 0. The summed E-state index contributed by atoms with van der Waals surface area (Å²) in [6, 6.07) is 8.84. The van der Waals surface area contributed by atoms with Crippen LogP contribution in [0.25, 0.3) is 0 Å². The summed E-state index contributed by atoms with van der Waals surface area (Å²) in [6.45, 7) is 6.13. The fraction of sp³-hybridized carbons (Fsp3) is 0.647. The third kappa shape index (κ3) is 6.20. The first-order chi connectivity index (χ1) is 8.53. The van der Waals surface area contributed by atoms with Crippen LogP contribution in [0.15, 0.2) is 24.3 Å². The molecule has 0 spiro atoms. The standard InChI is InChI=1S/C17H28O/c1-4-17(3,18)14-8-6-5-7-9-16-12-10-15(2)11-13-16/h10-13,18H,4-9,14H2,1-3H3. The van der Waals surface area contributed by atoms with Crippen molar-refractivity contribution in [1.29, 1.82) is 0 Å². The lowest BCUT2D eigenvalue weighted by molar-refractivity contribution is 0.0442. The molecule has 0 aliphatic rings. The maximum Gasteiger partial charge on any atom is 0.0617 e. The Kier molecular flexibility index (Phi) is 6.42. The maximum atomic E-state index is 9.88. The molecule has 0 bridgehead atoms. The molecule has 1 heteroatoms. The van der Waals surface area contributed by atoms with E-state index in [1.165, 1.54) is 36.8 Å². The fourth-order valence-corrected chi connectivity index (χ4v) is 2.12. The molecule has 0 amide bonds. The quantitative estimate of drug-likeness (QED) is 0.664. The van der Waals surface area contributed by atoms with Crippen molar-refractivity contribution in [3.8, 4) is 0 Å². The van der Waals surface area contributed by atoms with Gasteiger partial charge in [-0.25, -0.2) is 0 Å². The predicted molar refractivity (Wildman–Crippen MR) is 78.9 cm³/mol. The molecule has 1 aromatic carbocycles. The van der Waals surface area contributed by atoms with Gasteiger partial charge in [-0.2, -0.15) is 0 Å². The Morgan fingerprint density at radius 3 is 2.22 bits per heavy atom. The molecule has 0 fully saturated rings. The topological polar surface area (TPSA) is 20.2 Å². The summed E-state index contributed by atoms with van der Waals surface area (Å²) in [5.74, 6) is 0. The minimum absolute atomic E-state index is 0.447. The summed E-state index contributed by atoms with van der Waals surface area (Å²) in [4.78, 5) is 0. The van der Waals surface area contributed by atoms with E-state index in [1.54, 1.807) is 0 Å². The van der Waals surface area contributed by atoms with Crippen LogP contribution in [0.5, 0.6) is 0 Å². The zero-order valence-electron chi connectivity index (χ0n) is 12.2. The van der Waals surface area contributed by atoms with Crippen LogP contribution in [0.1, 0.15) is 63.5 Å². The Morgan fingerprint density at radius 2 is 1.61 bits per heavy atom. The maximum absolute atomic E-state index is 9.88. The van der Waals surface area contributed by atoms with Crippen molar-refractivity contribution in [1.82, 2.24) is 0 Å². The smallest absolute Gasteiger partial charge is 0.0617 e. The van der Waals surface area contributed by atoms with Gasteiger partial charge >= 0.3 is 0 Å². The van der Waals surface area contributed by atoms with Crippen molar-refractivity contribution < 1.29 is 5.11 Å². The van der Waals surface area contributed by atoms with Gasteiger partial charge in [-0.15, -0.1) is 0 Å². The number of unbranched alkanes of at least 4 members (excludes halogenated alkanes) is 3. The van der Waals surface area contributed by atoms with Crippen LogP contribution in [0.3, 0.4) is 0 Å². The number of aliphatic hydroxyl groups is 1. The summed E-state index contributed by atoms with van der Waals surface area (Å²) >= 11 is 0. The van der Waals surface area contributed by atoms with Crippen LogP contribution in [0.4, 0.5) is 0 Å². The Labute approximate surface area is 112 Å². The lowest BCUT2D eigenvalue weighted by atomic mass is 9.95. The van der Waals surface area contributed by atoms with Gasteiger partial charge in [0.25, 0.3) is 0 Å². The van der Waals surface area contributed by atoms with Gasteiger partial charge in [0.1, 0.15) is 0 Å². The largest absolute Gasteiger partial charge is 0.390 e. The average molecular weight is 248 g/mol. The molecule has 1 N–H and O–H groups in total. The molecule has 0 aliphatic heterocycles. The van der Waals surface area contributed by atoms with E-state index in [0.29, 0.717) is 0 Å². The van der Waals surface area contributed by atoms with E-state index in [9.17, 15) is 5.11 Å². The fourth-order valence-electron chi connectivity index (χ4n) is 2.12. The molecule has 18 heavy (non-hydrogen) atoms. The summed E-state index contributed by atoms with van der Waals surface area (Å²) in [7, 11) is 0. The van der Waals surface area contributed by atoms with Gasteiger partial charge in [-0.1, -0.05) is 56.0 Å². The van der Waals surface area contributed by atoms with Crippen molar-refractivity contribution in [3.05, 3.63) is 35.4 Å². The SMILES string of the molecule is CCC(C)(O)CCCCCCc1ccc(C)cc1. The van der Waals surface area contributed by atoms with E-state index in [4.69, 9.17) is 0 Å². The summed E-state index contributed by atoms with van der Waals surface area (Å²) in [5.41, 5.74) is 2.33. The van der Waals surface area contributed by atoms with Crippen LogP contribution in [0.2, 0.25) is 0 Å². The van der Waals surface area contributed by atoms with Crippen LogP contribution in [-0.4, -0.2) is 10.7 Å². The van der Waals surface area contributed by atoms with Crippen molar-refractivity contribution in [2.24, 2.45) is 0 Å². The van der Waals surface area contributed by atoms with E-state index in [0.717, 1.165) is 19.3 Å². The van der Waals surface area contributed by atoms with Gasteiger partial charge in [0.15, 0.2) is 0 Å². The van der Waals surface area contributed by atoms with Gasteiger partial charge in [0.05, 0.1) is 5.60 Å². The Hall–Kier alpha value is -0.820. The van der Waals surface area contributed by atoms with Crippen molar-refractivity contribution in [2.75, 3.05) is 0 Å². The normalized spacial score (nSPS) is 14.4. The molecule has 1 aromatic rings. The average Bonchev–Trinajstić information content (AvgIpc) is 2.36. The second-order valence-electron chi connectivity index (χ2n) is 5.75. The zero-order chi connectivity index (χ0) is 13.4. The lowest BCUT2D eigenvalue weighted by Gasteiger charge is -2.20. The molecule has 0 saturated heterocycles. The predicted octanol–water partition coefficient (Wildman–Crippen LogP) is 4.65. The minimum atomic E-state index is -0.447. The highest BCUT2D eigenvalue weighted by molar-refractivity contribution is 5.21. The number of aryl methyl sites for hydroxylation is 2. The summed E-state index contributed by atoms with van der Waals surface area (Å²) in [5, 5.41) is 9.88. The Bertz CT molecular complexity index is 324. The van der Waals surface area contributed by atoms with Crippen LogP contribution in [0, 0.1) is 6.92 Å². The van der Waals surface area contributed by atoms with Crippen molar-refractivity contribution in [3.63, 3.8) is 0 Å². The molecule has 102 valence electrons. The van der Waals surface area contributed by atoms with E-state index in [2.05, 4.69) is 38.1 Å². The minimum Gasteiger partial charge on any atom is -0.390 e. The molecular weight excluding hydrogens is 220 g/mol. The second kappa shape index (κ2) is 7.58. The molecule has 0 heterocycles. The van der Waals surface area contributed by atoms with E-state index >= 15 is 0 Å². The van der Waals surface area contributed by atoms with Gasteiger partial charge in [-0.3, -0.25) is 0 Å². The molecule has 1 unspecified atom stereocenters. The number of hydrogen-bond donors (Lipinski definition) is 1. The first-order valence-corrected chi connectivity index (χ1v) is 7.31. The molecule has 0 saturated carbocycles. The first-order valence-electron chi connectivity index (χ1n) is 7.31. The summed E-state index contributed by atoms with van der Waals surface area (Å²) in [6.07, 6.45) is 7.90. The number of rotatable bonds is 8. The van der Waals surface area contributed by atoms with Crippen LogP contribution >= 0.6 is 0 Å². The van der Waals surface area contributed by atoms with Gasteiger partial charge < -0.3 is 5.11 Å². The van der Waals surface area contributed by atoms with Crippen LogP contribution < -0.4 is 0 Å². The molecule has 0 radical (unpaired) electrons. The van der Waals surface area contributed by atoms with Crippen LogP contribution in [-0.2, 0) is 6.42 Å². The monoisotopic (exact) mass is 248 g/mol. The molecule has 1 nitrogen and oxygen atoms in total. The van der Waals surface area contributed by atoms with Gasteiger partial charge in [-0.05, 0) is 45.1 Å². The zero-order valence-corrected chi connectivity index (χ0v) is 12.2. The Morgan fingerprint density at radius 1 is 1.00 bits per heavy atom. The molecule has 0 aromatic heterocycles. The number of benzene rings is 1. The van der Waals surface area contributed by atoms with Gasteiger partial charge in [0.2, 0.25) is 0 Å². The first kappa shape index (κ1) is 15.2. The van der Waals surface area contributed by atoms with E-state index in [1.807, 2.05) is 6.92 Å². The van der Waals surface area contributed by atoms with Gasteiger partial charge in [0, 0.05) is 0 Å².